The van der Waals surface area contributed by atoms with E-state index in [1.165, 1.54) is 17.6 Å². The highest BCUT2D eigenvalue weighted by molar-refractivity contribution is 5.23. The van der Waals surface area contributed by atoms with Crippen molar-refractivity contribution in [3.63, 3.8) is 0 Å². The molecule has 0 heterocycles. The maximum Gasteiger partial charge on any atom is -0.00368 e. The molecule has 0 bridgehead atoms. The van der Waals surface area contributed by atoms with Gasteiger partial charge in [-0.1, -0.05) is 50.5 Å². The molecule has 0 amide bonds. The number of nitrogens with two attached hydrogens (primary N) is 1. The van der Waals surface area contributed by atoms with Crippen LogP contribution in [0.1, 0.15) is 47.0 Å². The lowest BCUT2D eigenvalue weighted by atomic mass is 10.0. The van der Waals surface area contributed by atoms with Crippen LogP contribution in [0.2, 0.25) is 0 Å². The van der Waals surface area contributed by atoms with E-state index < -0.39 is 0 Å². The van der Waals surface area contributed by atoms with Crippen molar-refractivity contribution in [2.45, 2.75) is 47.0 Å². The quantitative estimate of drug-likeness (QED) is 0.643. The third-order valence-corrected chi connectivity index (χ3v) is 2.57. The Labute approximate surface area is 89.1 Å². The van der Waals surface area contributed by atoms with E-state index in [1.807, 2.05) is 0 Å². The molecule has 0 aromatic carbocycles. The summed E-state index contributed by atoms with van der Waals surface area (Å²) in [6, 6.07) is 0. The third kappa shape index (κ3) is 5.98. The van der Waals surface area contributed by atoms with E-state index in [0.717, 1.165) is 19.4 Å². The van der Waals surface area contributed by atoms with E-state index in [0.29, 0.717) is 5.92 Å². The minimum atomic E-state index is 0.664. The van der Waals surface area contributed by atoms with Gasteiger partial charge < -0.3 is 5.73 Å². The fraction of sp³-hybridized carbons (Fsp3) is 0.692. The molecular weight excluding hydrogens is 170 g/mol. The minimum absolute atomic E-state index is 0.664. The van der Waals surface area contributed by atoms with Gasteiger partial charge >= 0.3 is 0 Å². The van der Waals surface area contributed by atoms with Crippen molar-refractivity contribution in [3.05, 3.63) is 23.3 Å². The Morgan fingerprint density at radius 1 is 1.36 bits per heavy atom. The maximum absolute atomic E-state index is 5.59. The van der Waals surface area contributed by atoms with Crippen molar-refractivity contribution in [2.24, 2.45) is 11.7 Å². The van der Waals surface area contributed by atoms with Gasteiger partial charge in [0.1, 0.15) is 0 Å². The van der Waals surface area contributed by atoms with Crippen LogP contribution in [0.3, 0.4) is 0 Å². The van der Waals surface area contributed by atoms with Gasteiger partial charge in [-0.2, -0.15) is 0 Å². The fourth-order valence-electron chi connectivity index (χ4n) is 1.27. The number of rotatable bonds is 6. The van der Waals surface area contributed by atoms with Crippen molar-refractivity contribution < 1.29 is 0 Å². The average Bonchev–Trinajstić information content (AvgIpc) is 2.17. The second-order valence-electron chi connectivity index (χ2n) is 4.01. The summed E-state index contributed by atoms with van der Waals surface area (Å²) in [5.74, 6) is 0.664. The summed E-state index contributed by atoms with van der Waals surface area (Å²) in [6.07, 6.45) is 7.97. The van der Waals surface area contributed by atoms with E-state index in [-0.39, 0.29) is 0 Å². The van der Waals surface area contributed by atoms with Gasteiger partial charge in [0, 0.05) is 0 Å². The molecule has 1 atom stereocenters. The molecule has 14 heavy (non-hydrogen) atoms. The summed E-state index contributed by atoms with van der Waals surface area (Å²) in [4.78, 5) is 0. The molecule has 0 fully saturated rings. The van der Waals surface area contributed by atoms with Gasteiger partial charge in [-0.3, -0.25) is 0 Å². The Balaban J connectivity index is 4.50. The molecule has 0 rings (SSSR count). The van der Waals surface area contributed by atoms with Gasteiger partial charge in [-0.25, -0.2) is 0 Å². The van der Waals surface area contributed by atoms with E-state index in [9.17, 15) is 0 Å². The second-order valence-corrected chi connectivity index (χ2v) is 4.01. The van der Waals surface area contributed by atoms with Crippen LogP contribution in [0.15, 0.2) is 23.3 Å². The molecule has 1 heteroatoms. The Morgan fingerprint density at radius 2 is 2.00 bits per heavy atom. The smallest absolute Gasteiger partial charge is 0.00368 e. The molecule has 0 aromatic heterocycles. The van der Waals surface area contributed by atoms with E-state index in [1.54, 1.807) is 0 Å². The zero-order chi connectivity index (χ0) is 11.0. The summed E-state index contributed by atoms with van der Waals surface area (Å²) in [5, 5.41) is 0. The van der Waals surface area contributed by atoms with Crippen LogP contribution in [0, 0.1) is 5.92 Å². The maximum atomic E-state index is 5.59. The molecule has 82 valence electrons. The van der Waals surface area contributed by atoms with E-state index in [2.05, 4.69) is 39.8 Å². The lowest BCUT2D eigenvalue weighted by Crippen LogP contribution is -2.01. The van der Waals surface area contributed by atoms with Crippen molar-refractivity contribution in [1.29, 1.82) is 0 Å². The molecule has 0 saturated carbocycles. The minimum Gasteiger partial charge on any atom is -0.330 e. The first-order valence-corrected chi connectivity index (χ1v) is 5.71. The Hall–Kier alpha value is -0.560. The van der Waals surface area contributed by atoms with Gasteiger partial charge in [-0.05, 0) is 32.2 Å². The highest BCUT2D eigenvalue weighted by Crippen LogP contribution is 2.13. The number of hydrogen-bond donors (Lipinski definition) is 1. The largest absolute Gasteiger partial charge is 0.330 e. The van der Waals surface area contributed by atoms with Crippen LogP contribution in [0.5, 0.6) is 0 Å². The fourth-order valence-corrected chi connectivity index (χ4v) is 1.27. The lowest BCUT2D eigenvalue weighted by molar-refractivity contribution is 0.690. The normalized spacial score (nSPS) is 15.8. The van der Waals surface area contributed by atoms with Crippen molar-refractivity contribution in [1.82, 2.24) is 0 Å². The molecule has 1 unspecified atom stereocenters. The average molecular weight is 195 g/mol. The second kappa shape index (κ2) is 7.81. The van der Waals surface area contributed by atoms with Crippen molar-refractivity contribution in [2.75, 3.05) is 6.54 Å². The highest BCUT2D eigenvalue weighted by Gasteiger charge is 1.98. The molecule has 0 radical (unpaired) electrons. The molecule has 2 N–H and O–H groups in total. The first-order valence-electron chi connectivity index (χ1n) is 5.71. The predicted molar refractivity (Wildman–Crippen MR) is 65.3 cm³/mol. The molecule has 0 aliphatic rings. The van der Waals surface area contributed by atoms with Gasteiger partial charge in [0.05, 0.1) is 0 Å². The zero-order valence-corrected chi connectivity index (χ0v) is 10.1. The Bertz CT molecular complexity index is 201. The van der Waals surface area contributed by atoms with Crippen LogP contribution in [-0.4, -0.2) is 6.54 Å². The van der Waals surface area contributed by atoms with Crippen LogP contribution in [0.4, 0.5) is 0 Å². The van der Waals surface area contributed by atoms with Crippen LogP contribution in [0.25, 0.3) is 0 Å². The number of allylic oxidation sites excluding steroid dienone is 3. The molecule has 1 nitrogen and oxygen atoms in total. The molecule has 0 spiro atoms. The molecular formula is C13H25N. The van der Waals surface area contributed by atoms with Gasteiger partial charge in [0.25, 0.3) is 0 Å². The van der Waals surface area contributed by atoms with E-state index in [4.69, 9.17) is 5.73 Å². The first kappa shape index (κ1) is 13.4. The third-order valence-electron chi connectivity index (χ3n) is 2.57. The Kier molecular flexibility index (Phi) is 7.50. The standard InChI is InChI=1S/C13H25N/c1-5-11(3)9-13(7-8-14)10-12(4)6-2/h9-11H,5-8,14H2,1-4H3/b12-10+,13-9-. The molecule has 0 saturated heterocycles. The van der Waals surface area contributed by atoms with Crippen LogP contribution in [-0.2, 0) is 0 Å². The van der Waals surface area contributed by atoms with Crippen LogP contribution < -0.4 is 5.73 Å². The lowest BCUT2D eigenvalue weighted by Gasteiger charge is -2.07. The number of hydrogen-bond acceptors (Lipinski definition) is 1. The monoisotopic (exact) mass is 195 g/mol. The van der Waals surface area contributed by atoms with Gasteiger partial charge in [-0.15, -0.1) is 0 Å². The molecule has 0 aromatic rings. The molecule has 0 aliphatic heterocycles. The first-order chi connectivity index (χ1) is 6.63. The zero-order valence-electron chi connectivity index (χ0n) is 10.1. The summed E-state index contributed by atoms with van der Waals surface area (Å²) in [7, 11) is 0. The topological polar surface area (TPSA) is 26.0 Å². The summed E-state index contributed by atoms with van der Waals surface area (Å²) in [6.45, 7) is 9.59. The SMILES string of the molecule is CC/C(C)=C/C(=C\C(C)CC)CCN. The van der Waals surface area contributed by atoms with Crippen LogP contribution >= 0.6 is 0 Å². The van der Waals surface area contributed by atoms with Crippen molar-refractivity contribution >= 4 is 0 Å². The van der Waals surface area contributed by atoms with Crippen molar-refractivity contribution in [3.8, 4) is 0 Å². The van der Waals surface area contributed by atoms with Gasteiger partial charge in [0.15, 0.2) is 0 Å². The summed E-state index contributed by atoms with van der Waals surface area (Å²) in [5.41, 5.74) is 8.44. The van der Waals surface area contributed by atoms with Gasteiger partial charge in [0.2, 0.25) is 0 Å². The highest BCUT2D eigenvalue weighted by atomic mass is 14.5. The Morgan fingerprint density at radius 3 is 2.43 bits per heavy atom. The molecule has 0 aliphatic carbocycles. The summed E-state index contributed by atoms with van der Waals surface area (Å²) < 4.78 is 0. The van der Waals surface area contributed by atoms with E-state index >= 15 is 0 Å². The predicted octanol–water partition coefficient (Wildman–Crippen LogP) is 3.66. The summed E-state index contributed by atoms with van der Waals surface area (Å²) >= 11 is 0.